The number of amides is 1. The second-order valence-electron chi connectivity index (χ2n) is 11.2. The van der Waals surface area contributed by atoms with Crippen molar-refractivity contribution in [3.8, 4) is 17.0 Å². The minimum absolute atomic E-state index is 0.305. The first-order valence-electron chi connectivity index (χ1n) is 14.4. The molecular weight excluding hydrogens is 582 g/mol. The average molecular weight is 618 g/mol. The Morgan fingerprint density at radius 1 is 1.18 bits per heavy atom. The van der Waals surface area contributed by atoms with Gasteiger partial charge in [-0.15, -0.1) is 0 Å². The zero-order valence-corrected chi connectivity index (χ0v) is 25.5. The SMILES string of the molecule is C=CC(=O)Nc1cc(Nc2nccc(-c3cn(C)c4ccc(CS(=O)(=O)O)cc34)n2)c(OC)cc1N1CCC(N2CCC2)C1. The van der Waals surface area contributed by atoms with Gasteiger partial charge >= 0.3 is 0 Å². The maximum atomic E-state index is 12.4. The lowest BCUT2D eigenvalue weighted by atomic mass is 10.1. The van der Waals surface area contributed by atoms with Crippen LogP contribution in [-0.2, 0) is 27.7 Å². The molecule has 2 fully saturated rings. The first-order valence-corrected chi connectivity index (χ1v) is 16.0. The first kappa shape index (κ1) is 29.6. The monoisotopic (exact) mass is 617 g/mol. The third-order valence-corrected chi connectivity index (χ3v) is 8.95. The van der Waals surface area contributed by atoms with Gasteiger partial charge in [-0.3, -0.25) is 14.2 Å². The molecule has 1 amide bonds. The lowest BCUT2D eigenvalue weighted by Gasteiger charge is -2.36. The minimum atomic E-state index is -4.18. The molecular formula is C31H35N7O5S. The Hall–Kier alpha value is -4.46. The van der Waals surface area contributed by atoms with E-state index < -0.39 is 15.9 Å². The highest BCUT2D eigenvalue weighted by atomic mass is 32.2. The summed E-state index contributed by atoms with van der Waals surface area (Å²) in [7, 11) is -0.693. The lowest BCUT2D eigenvalue weighted by molar-refractivity contribution is -0.111. The molecule has 4 aromatic rings. The number of methoxy groups -OCH3 is 1. The molecule has 0 bridgehead atoms. The van der Waals surface area contributed by atoms with Gasteiger partial charge in [0, 0.05) is 61.1 Å². The Bertz CT molecular complexity index is 1850. The molecule has 2 saturated heterocycles. The number of rotatable bonds is 10. The quantitative estimate of drug-likeness (QED) is 0.175. The number of hydrogen-bond acceptors (Lipinski definition) is 9. The number of hydrogen-bond donors (Lipinski definition) is 3. The van der Waals surface area contributed by atoms with Crippen LogP contribution in [0.15, 0.2) is 61.4 Å². The first-order chi connectivity index (χ1) is 21.1. The zero-order valence-electron chi connectivity index (χ0n) is 24.7. The number of carbonyl (C=O) groups excluding carboxylic acids is 1. The predicted molar refractivity (Wildman–Crippen MR) is 171 cm³/mol. The van der Waals surface area contributed by atoms with Crippen molar-refractivity contribution >= 4 is 49.9 Å². The molecule has 12 nitrogen and oxygen atoms in total. The summed E-state index contributed by atoms with van der Waals surface area (Å²) in [4.78, 5) is 26.4. The van der Waals surface area contributed by atoms with Gasteiger partial charge in [0.2, 0.25) is 11.9 Å². The number of likely N-dealkylation sites (tertiary alicyclic amines) is 1. The molecule has 0 aliphatic carbocycles. The van der Waals surface area contributed by atoms with Crippen LogP contribution in [0, 0.1) is 0 Å². The summed E-state index contributed by atoms with van der Waals surface area (Å²) >= 11 is 0. The highest BCUT2D eigenvalue weighted by molar-refractivity contribution is 7.85. The molecule has 0 radical (unpaired) electrons. The van der Waals surface area contributed by atoms with Crippen molar-refractivity contribution in [1.29, 1.82) is 0 Å². The lowest BCUT2D eigenvalue weighted by Crippen LogP contribution is -2.46. The molecule has 44 heavy (non-hydrogen) atoms. The number of nitrogens with zero attached hydrogens (tertiary/aromatic N) is 5. The van der Waals surface area contributed by atoms with Crippen molar-refractivity contribution in [2.75, 3.05) is 48.8 Å². The fourth-order valence-corrected chi connectivity index (χ4v) is 6.58. The molecule has 1 unspecified atom stereocenters. The van der Waals surface area contributed by atoms with Gasteiger partial charge in [0.25, 0.3) is 10.1 Å². The number of aryl methyl sites for hydroxylation is 1. The Kier molecular flexibility index (Phi) is 8.01. The van der Waals surface area contributed by atoms with Crippen LogP contribution in [0.1, 0.15) is 18.4 Å². The number of fused-ring (bicyclic) bond motifs is 1. The minimum Gasteiger partial charge on any atom is -0.494 e. The van der Waals surface area contributed by atoms with E-state index >= 15 is 0 Å². The van der Waals surface area contributed by atoms with E-state index in [4.69, 9.17) is 9.72 Å². The van der Waals surface area contributed by atoms with Crippen LogP contribution in [0.2, 0.25) is 0 Å². The van der Waals surface area contributed by atoms with E-state index in [0.717, 1.165) is 54.8 Å². The summed E-state index contributed by atoms with van der Waals surface area (Å²) in [6.45, 7) is 7.62. The second kappa shape index (κ2) is 11.9. The molecule has 6 rings (SSSR count). The molecule has 230 valence electrons. The van der Waals surface area contributed by atoms with Gasteiger partial charge in [-0.2, -0.15) is 8.42 Å². The number of nitrogens with one attached hydrogen (secondary N) is 2. The Labute approximate surface area is 256 Å². The highest BCUT2D eigenvalue weighted by Gasteiger charge is 2.32. The van der Waals surface area contributed by atoms with Crippen LogP contribution in [0.25, 0.3) is 22.2 Å². The van der Waals surface area contributed by atoms with Crippen LogP contribution in [0.3, 0.4) is 0 Å². The smallest absolute Gasteiger partial charge is 0.269 e. The largest absolute Gasteiger partial charge is 0.494 e. The van der Waals surface area contributed by atoms with Crippen LogP contribution in [-0.4, -0.2) is 77.6 Å². The maximum Gasteiger partial charge on any atom is 0.269 e. The summed E-state index contributed by atoms with van der Waals surface area (Å²) < 4.78 is 40.1. The zero-order chi connectivity index (χ0) is 31.0. The van der Waals surface area contributed by atoms with E-state index in [1.165, 1.54) is 12.5 Å². The third kappa shape index (κ3) is 6.11. The van der Waals surface area contributed by atoms with Gasteiger partial charge in [-0.25, -0.2) is 9.97 Å². The topological polar surface area (TPSA) is 142 Å². The fraction of sp³-hybridized carbons (Fsp3) is 0.323. The Morgan fingerprint density at radius 3 is 2.70 bits per heavy atom. The van der Waals surface area contributed by atoms with Gasteiger partial charge in [0.1, 0.15) is 11.5 Å². The van der Waals surface area contributed by atoms with Gasteiger partial charge in [0.15, 0.2) is 0 Å². The maximum absolute atomic E-state index is 12.4. The van der Waals surface area contributed by atoms with E-state index in [2.05, 4.69) is 32.0 Å². The average Bonchev–Trinajstić information content (AvgIpc) is 3.56. The van der Waals surface area contributed by atoms with Crippen molar-refractivity contribution in [1.82, 2.24) is 19.4 Å². The van der Waals surface area contributed by atoms with Crippen molar-refractivity contribution in [2.24, 2.45) is 7.05 Å². The predicted octanol–water partition coefficient (Wildman–Crippen LogP) is 4.18. The Morgan fingerprint density at radius 2 is 2.00 bits per heavy atom. The van der Waals surface area contributed by atoms with Crippen LogP contribution < -0.4 is 20.3 Å². The van der Waals surface area contributed by atoms with E-state index in [-0.39, 0.29) is 5.91 Å². The molecule has 2 aromatic carbocycles. The molecule has 3 N–H and O–H groups in total. The number of ether oxygens (including phenoxy) is 1. The molecule has 2 aliphatic heterocycles. The van der Waals surface area contributed by atoms with Crippen LogP contribution in [0.5, 0.6) is 5.75 Å². The molecule has 2 aromatic heterocycles. The molecule has 2 aliphatic rings. The number of benzene rings is 2. The standard InChI is InChI=1S/C31H35N7O5S/c1-4-30(39)33-25-15-26(29(43-3)16-28(25)38-13-9-21(17-38)37-11-5-12-37)35-31-32-10-8-24(34-31)23-18-36(2)27-7-6-20(14-22(23)27)19-44(40,41)42/h4,6-8,10,14-16,18,21H,1,5,9,11-13,17,19H2,2-3H3,(H,33,39)(H,32,34,35)(H,40,41,42). The van der Waals surface area contributed by atoms with Gasteiger partial charge < -0.3 is 24.8 Å². The molecule has 1 atom stereocenters. The third-order valence-electron chi connectivity index (χ3n) is 8.25. The summed E-state index contributed by atoms with van der Waals surface area (Å²) in [6, 6.07) is 11.2. The number of aromatic nitrogens is 3. The summed E-state index contributed by atoms with van der Waals surface area (Å²) in [6.07, 6.45) is 7.09. The molecule has 4 heterocycles. The molecule has 13 heteroatoms. The summed E-state index contributed by atoms with van der Waals surface area (Å²) in [5, 5.41) is 7.00. The second-order valence-corrected chi connectivity index (χ2v) is 12.6. The van der Waals surface area contributed by atoms with E-state index in [9.17, 15) is 17.8 Å². The van der Waals surface area contributed by atoms with Crippen molar-refractivity contribution in [2.45, 2.75) is 24.6 Å². The van der Waals surface area contributed by atoms with E-state index in [1.54, 1.807) is 31.5 Å². The summed E-state index contributed by atoms with van der Waals surface area (Å²) in [5.41, 5.74) is 4.80. The van der Waals surface area contributed by atoms with E-state index in [1.807, 2.05) is 36.0 Å². The van der Waals surface area contributed by atoms with Crippen LogP contribution >= 0.6 is 0 Å². The van der Waals surface area contributed by atoms with Crippen molar-refractivity contribution < 1.29 is 22.5 Å². The van der Waals surface area contributed by atoms with Gasteiger partial charge in [-0.05, 0) is 61.8 Å². The highest BCUT2D eigenvalue weighted by Crippen LogP contribution is 2.40. The molecule has 0 spiro atoms. The van der Waals surface area contributed by atoms with E-state index in [0.29, 0.717) is 40.4 Å². The van der Waals surface area contributed by atoms with Gasteiger partial charge in [0.05, 0.1) is 29.9 Å². The van der Waals surface area contributed by atoms with Crippen molar-refractivity contribution in [3.05, 3.63) is 67.0 Å². The number of anilines is 4. The summed E-state index contributed by atoms with van der Waals surface area (Å²) in [5.74, 6) is 0.0751. The molecule has 0 saturated carbocycles. The van der Waals surface area contributed by atoms with Crippen molar-refractivity contribution in [3.63, 3.8) is 0 Å². The number of carbonyl (C=O) groups is 1. The fourth-order valence-electron chi connectivity index (χ4n) is 5.98. The Balaban J connectivity index is 1.33. The van der Waals surface area contributed by atoms with Gasteiger partial charge in [-0.1, -0.05) is 12.6 Å². The normalized spacial score (nSPS) is 17.0. The van der Waals surface area contributed by atoms with Crippen LogP contribution in [0.4, 0.5) is 23.0 Å².